The highest BCUT2D eigenvalue weighted by Gasteiger charge is 2.59. The van der Waals surface area contributed by atoms with Gasteiger partial charge in [-0.25, -0.2) is 9.36 Å². The molecule has 5 fully saturated rings. The standard InChI is InChI=1S/C68H106N14/c1-50(2)13-10-14-51(3)64-21-22-65-62-20-19-56-40-59(23-25-67(56,4)66(62)24-26-68(64,65)5)82-48-58(76-78-82)46-80-38-34-71-28-11-27-69-30-33-73-43-55(44-80)54-41-72-32-31-70-29-12-36-79(37-35-74-42-54)45-57-47-81(77-75-57)49-63-60-17-8-6-15-52(60)39-53-16-7-9-18-61(53)63/h6-9,15-19,39,47-48,50-51,54-55,59,62,64-66,69-74H,10-14,20-38,40-46,49H2,1-5H3. The summed E-state index contributed by atoms with van der Waals surface area (Å²) in [4.78, 5) is 5.27. The summed E-state index contributed by atoms with van der Waals surface area (Å²) in [5, 5.41) is 47.6. The van der Waals surface area contributed by atoms with E-state index in [1.165, 1.54) is 91.3 Å². The van der Waals surface area contributed by atoms with E-state index in [0.29, 0.717) is 35.3 Å². The molecule has 0 spiro atoms. The van der Waals surface area contributed by atoms with Crippen LogP contribution < -0.4 is 31.9 Å². The van der Waals surface area contributed by atoms with Gasteiger partial charge in [0.05, 0.1) is 36.4 Å². The Balaban J connectivity index is 0.725. The molecule has 6 aliphatic rings. The van der Waals surface area contributed by atoms with Gasteiger partial charge in [-0.05, 0) is 201 Å². The Labute approximate surface area is 493 Å². The topological polar surface area (TPSA) is 140 Å². The van der Waals surface area contributed by atoms with E-state index in [1.807, 2.05) is 4.68 Å². The van der Waals surface area contributed by atoms with Crippen LogP contribution in [-0.2, 0) is 19.6 Å². The Bertz CT molecular complexity index is 2750. The number of nitrogens with one attached hydrogen (secondary N) is 6. The summed E-state index contributed by atoms with van der Waals surface area (Å²) in [6, 6.07) is 20.2. The van der Waals surface area contributed by atoms with Crippen LogP contribution in [0.4, 0.5) is 0 Å². The molecule has 82 heavy (non-hydrogen) atoms. The first-order chi connectivity index (χ1) is 40.1. The molecule has 10 atom stereocenters. The molecule has 11 rings (SSSR count). The molecule has 0 radical (unpaired) electrons. The van der Waals surface area contributed by atoms with Gasteiger partial charge >= 0.3 is 0 Å². The monoisotopic (exact) mass is 1120 g/mol. The highest BCUT2D eigenvalue weighted by molar-refractivity contribution is 6.02. The minimum Gasteiger partial charge on any atom is -0.315 e. The number of benzene rings is 3. The van der Waals surface area contributed by atoms with E-state index in [0.717, 1.165) is 184 Å². The molecule has 10 unspecified atom stereocenters. The van der Waals surface area contributed by atoms with Crippen molar-refractivity contribution in [3.8, 4) is 0 Å². The Morgan fingerprint density at radius 2 is 1.27 bits per heavy atom. The normalized spacial score (nSPS) is 30.7. The molecule has 5 aromatic rings. The maximum absolute atomic E-state index is 4.99. The minimum atomic E-state index is 0.332. The second-order valence-corrected chi connectivity index (χ2v) is 27.7. The average molecular weight is 1120 g/mol. The van der Waals surface area contributed by atoms with Gasteiger partial charge in [0, 0.05) is 72.0 Å². The molecule has 2 aliphatic heterocycles. The summed E-state index contributed by atoms with van der Waals surface area (Å²) >= 11 is 0. The van der Waals surface area contributed by atoms with Gasteiger partial charge in [-0.2, -0.15) is 0 Å². The predicted octanol–water partition coefficient (Wildman–Crippen LogP) is 9.69. The van der Waals surface area contributed by atoms with E-state index in [1.54, 1.807) is 5.57 Å². The summed E-state index contributed by atoms with van der Waals surface area (Å²) in [7, 11) is 0. The number of fused-ring (bicyclic) bond motifs is 7. The van der Waals surface area contributed by atoms with Gasteiger partial charge in [-0.3, -0.25) is 9.80 Å². The molecule has 4 aliphatic carbocycles. The van der Waals surface area contributed by atoms with E-state index in [-0.39, 0.29) is 0 Å². The van der Waals surface area contributed by atoms with Crippen LogP contribution in [0.2, 0.25) is 0 Å². The van der Waals surface area contributed by atoms with Crippen molar-refractivity contribution in [3.05, 3.63) is 95.6 Å². The maximum Gasteiger partial charge on any atom is 0.0967 e. The van der Waals surface area contributed by atoms with Gasteiger partial charge in [0.25, 0.3) is 0 Å². The zero-order valence-electron chi connectivity index (χ0n) is 51.3. The van der Waals surface area contributed by atoms with E-state index in [2.05, 4.69) is 154 Å². The fourth-order valence-corrected chi connectivity index (χ4v) is 17.3. The van der Waals surface area contributed by atoms with Crippen molar-refractivity contribution in [2.24, 2.45) is 58.2 Å². The van der Waals surface area contributed by atoms with Crippen molar-refractivity contribution in [1.29, 1.82) is 0 Å². The largest absolute Gasteiger partial charge is 0.315 e. The average Bonchev–Trinajstić information content (AvgIpc) is 3.19. The van der Waals surface area contributed by atoms with Crippen LogP contribution in [0.5, 0.6) is 0 Å². The Hall–Kier alpha value is -4.12. The van der Waals surface area contributed by atoms with E-state index in [9.17, 15) is 0 Å². The van der Waals surface area contributed by atoms with Gasteiger partial charge in [-0.1, -0.05) is 124 Å². The Morgan fingerprint density at radius 1 is 0.610 bits per heavy atom. The smallest absolute Gasteiger partial charge is 0.0967 e. The lowest BCUT2D eigenvalue weighted by Crippen LogP contribution is -2.50. The fourth-order valence-electron chi connectivity index (χ4n) is 17.3. The number of nitrogens with zero attached hydrogens (tertiary/aromatic N) is 8. The first-order valence-electron chi connectivity index (χ1n) is 33.2. The van der Waals surface area contributed by atoms with Crippen LogP contribution in [0.25, 0.3) is 21.5 Å². The molecule has 0 amide bonds. The zero-order valence-corrected chi connectivity index (χ0v) is 51.3. The molecular weight excluding hydrogens is 1010 g/mol. The van der Waals surface area contributed by atoms with Gasteiger partial charge in [0.2, 0.25) is 0 Å². The first kappa shape index (κ1) is 59.6. The predicted molar refractivity (Wildman–Crippen MR) is 337 cm³/mol. The summed E-state index contributed by atoms with van der Waals surface area (Å²) in [6.07, 6.45) is 24.5. The van der Waals surface area contributed by atoms with Gasteiger partial charge in [0.1, 0.15) is 0 Å². The third kappa shape index (κ3) is 14.4. The summed E-state index contributed by atoms with van der Waals surface area (Å²) in [5.74, 6) is 6.08. The first-order valence-corrected chi connectivity index (χ1v) is 33.2. The lowest BCUT2D eigenvalue weighted by molar-refractivity contribution is -0.0525. The molecule has 0 bridgehead atoms. The summed E-state index contributed by atoms with van der Waals surface area (Å²) in [6.45, 7) is 30.9. The molecule has 14 heteroatoms. The van der Waals surface area contributed by atoms with Crippen LogP contribution >= 0.6 is 0 Å². The third-order valence-electron chi connectivity index (χ3n) is 21.9. The van der Waals surface area contributed by atoms with Crippen molar-refractivity contribution in [1.82, 2.24) is 71.7 Å². The van der Waals surface area contributed by atoms with E-state index in [4.69, 9.17) is 20.6 Å². The molecule has 2 aromatic heterocycles. The van der Waals surface area contributed by atoms with Crippen LogP contribution in [0.3, 0.4) is 0 Å². The molecule has 4 heterocycles. The SMILES string of the molecule is CC(C)CCCC(C)C1CCC2C3CC=C4CC(n5cc(CN6CCNCCCNCCNCC(C7CNCCNCCCN(Cc8cn(Cc9c%10ccccc%10cc%10ccccc9%10)nn8)CCNC7)C6)nn5)CCC4(C)C3CCC12C. The summed E-state index contributed by atoms with van der Waals surface area (Å²) in [5.41, 5.74) is 6.04. The van der Waals surface area contributed by atoms with Crippen molar-refractivity contribution in [3.63, 3.8) is 0 Å². The lowest BCUT2D eigenvalue weighted by Gasteiger charge is -2.58. The molecule has 6 N–H and O–H groups in total. The minimum absolute atomic E-state index is 0.332. The molecule has 3 saturated carbocycles. The molecule has 2 saturated heterocycles. The molecular formula is C68H106N14. The van der Waals surface area contributed by atoms with Crippen molar-refractivity contribution < 1.29 is 0 Å². The van der Waals surface area contributed by atoms with Crippen LogP contribution in [-0.4, -0.2) is 145 Å². The van der Waals surface area contributed by atoms with Crippen molar-refractivity contribution in [2.75, 3.05) is 105 Å². The van der Waals surface area contributed by atoms with Gasteiger partial charge in [-0.15, -0.1) is 10.2 Å². The lowest BCUT2D eigenvalue weighted by atomic mass is 9.47. The highest BCUT2D eigenvalue weighted by Crippen LogP contribution is 2.68. The number of hydrogen-bond donors (Lipinski definition) is 6. The van der Waals surface area contributed by atoms with Gasteiger partial charge in [0.15, 0.2) is 0 Å². The van der Waals surface area contributed by atoms with Crippen LogP contribution in [0, 0.1) is 58.2 Å². The van der Waals surface area contributed by atoms with Crippen LogP contribution in [0.1, 0.15) is 141 Å². The number of allylic oxidation sites excluding steroid dienone is 2. The Morgan fingerprint density at radius 3 is 2.05 bits per heavy atom. The van der Waals surface area contributed by atoms with Crippen molar-refractivity contribution in [2.45, 2.75) is 144 Å². The summed E-state index contributed by atoms with van der Waals surface area (Å²) < 4.78 is 4.33. The second-order valence-electron chi connectivity index (χ2n) is 27.7. The molecule has 3 aromatic carbocycles. The number of rotatable bonds is 13. The number of aromatic nitrogens is 6. The molecule has 14 nitrogen and oxygen atoms in total. The van der Waals surface area contributed by atoms with E-state index < -0.39 is 0 Å². The fraction of sp³-hybridized carbons (Fsp3) is 0.706. The van der Waals surface area contributed by atoms with E-state index >= 15 is 0 Å². The maximum atomic E-state index is 4.99. The van der Waals surface area contributed by atoms with Gasteiger partial charge < -0.3 is 31.9 Å². The highest BCUT2D eigenvalue weighted by atomic mass is 15.4. The molecule has 448 valence electrons. The third-order valence-corrected chi connectivity index (χ3v) is 21.9. The number of hydrogen-bond acceptors (Lipinski definition) is 12. The van der Waals surface area contributed by atoms with Crippen molar-refractivity contribution >= 4 is 21.5 Å². The zero-order chi connectivity index (χ0) is 56.3. The quantitative estimate of drug-likeness (QED) is 0.0495. The van der Waals surface area contributed by atoms with Crippen LogP contribution in [0.15, 0.2) is 78.6 Å². The Kier molecular flexibility index (Phi) is 20.6. The second kappa shape index (κ2) is 28.4.